The number of carbonyl (C=O) groups is 2. The number of nitrogens with zero attached hydrogens (tertiary/aromatic N) is 1. The molecule has 1 aliphatic carbocycles. The van der Waals surface area contributed by atoms with Crippen LogP contribution in [-0.4, -0.2) is 35.3 Å². The Morgan fingerprint density at radius 3 is 2.62 bits per heavy atom. The Labute approximate surface area is 125 Å². The fourth-order valence-corrected chi connectivity index (χ4v) is 3.07. The second-order valence-electron chi connectivity index (χ2n) is 6.20. The van der Waals surface area contributed by atoms with Crippen LogP contribution in [0.5, 0.6) is 0 Å². The van der Waals surface area contributed by atoms with Gasteiger partial charge in [-0.1, -0.05) is 30.3 Å². The van der Waals surface area contributed by atoms with E-state index >= 15 is 0 Å². The summed E-state index contributed by atoms with van der Waals surface area (Å²) in [4.78, 5) is 26.4. The summed E-state index contributed by atoms with van der Waals surface area (Å²) in [5.74, 6) is 0.465. The minimum absolute atomic E-state index is 0.00895. The van der Waals surface area contributed by atoms with E-state index in [0.29, 0.717) is 18.9 Å². The maximum absolute atomic E-state index is 12.7. The maximum atomic E-state index is 12.7. The standard InChI is InChI=1S/C17H22N2O2/c1-12(11-13-5-3-2-4-6-13)19-10-9-15(20)18-16(17(19)21)14-7-8-14/h2-6,12,14,16H,7-11H2,1H3,(H,18,20). The van der Waals surface area contributed by atoms with Crippen LogP contribution in [-0.2, 0) is 16.0 Å². The lowest BCUT2D eigenvalue weighted by Gasteiger charge is -2.30. The molecular formula is C17H22N2O2. The van der Waals surface area contributed by atoms with Crippen molar-refractivity contribution in [2.75, 3.05) is 6.54 Å². The van der Waals surface area contributed by atoms with Crippen LogP contribution in [0.15, 0.2) is 30.3 Å². The lowest BCUT2D eigenvalue weighted by Crippen LogP contribution is -2.49. The van der Waals surface area contributed by atoms with Gasteiger partial charge in [-0.3, -0.25) is 9.59 Å². The molecule has 0 spiro atoms. The third-order valence-corrected chi connectivity index (χ3v) is 4.44. The average Bonchev–Trinajstić information content (AvgIpc) is 3.30. The van der Waals surface area contributed by atoms with Crippen LogP contribution in [0.1, 0.15) is 31.7 Å². The maximum Gasteiger partial charge on any atom is 0.245 e. The molecule has 2 atom stereocenters. The van der Waals surface area contributed by atoms with Gasteiger partial charge in [0.1, 0.15) is 6.04 Å². The Morgan fingerprint density at radius 1 is 1.24 bits per heavy atom. The summed E-state index contributed by atoms with van der Waals surface area (Å²) in [6.45, 7) is 2.60. The first-order valence-electron chi connectivity index (χ1n) is 7.79. The summed E-state index contributed by atoms with van der Waals surface area (Å²) in [6, 6.07) is 10.0. The van der Waals surface area contributed by atoms with E-state index in [1.165, 1.54) is 5.56 Å². The molecule has 3 rings (SSSR count). The zero-order valence-corrected chi connectivity index (χ0v) is 12.4. The van der Waals surface area contributed by atoms with Crippen LogP contribution in [0.4, 0.5) is 0 Å². The van der Waals surface area contributed by atoms with Gasteiger partial charge in [0.2, 0.25) is 11.8 Å². The number of hydrogen-bond acceptors (Lipinski definition) is 2. The van der Waals surface area contributed by atoms with Crippen molar-refractivity contribution in [2.24, 2.45) is 5.92 Å². The molecule has 0 aromatic heterocycles. The highest BCUT2D eigenvalue weighted by Gasteiger charge is 2.41. The van der Waals surface area contributed by atoms with Gasteiger partial charge >= 0.3 is 0 Å². The number of hydrogen-bond donors (Lipinski definition) is 1. The van der Waals surface area contributed by atoms with Gasteiger partial charge in [0.25, 0.3) is 0 Å². The molecular weight excluding hydrogens is 264 g/mol. The van der Waals surface area contributed by atoms with E-state index in [-0.39, 0.29) is 23.9 Å². The number of benzene rings is 1. The summed E-state index contributed by atoms with van der Waals surface area (Å²) in [5.41, 5.74) is 1.23. The summed E-state index contributed by atoms with van der Waals surface area (Å²) in [6.07, 6.45) is 3.35. The SMILES string of the molecule is CC(Cc1ccccc1)N1CCC(=O)NC(C2CC2)C1=O. The second-order valence-corrected chi connectivity index (χ2v) is 6.20. The highest BCUT2D eigenvalue weighted by Crippen LogP contribution is 2.34. The number of rotatable bonds is 4. The highest BCUT2D eigenvalue weighted by atomic mass is 16.2. The molecule has 2 amide bonds. The van der Waals surface area contributed by atoms with Crippen LogP contribution in [0.25, 0.3) is 0 Å². The Bertz CT molecular complexity index is 525. The van der Waals surface area contributed by atoms with Gasteiger partial charge in [0, 0.05) is 19.0 Å². The van der Waals surface area contributed by atoms with Gasteiger partial charge < -0.3 is 10.2 Å². The average molecular weight is 286 g/mol. The van der Waals surface area contributed by atoms with Crippen molar-refractivity contribution < 1.29 is 9.59 Å². The first kappa shape index (κ1) is 14.1. The topological polar surface area (TPSA) is 49.4 Å². The molecule has 2 aliphatic rings. The van der Waals surface area contributed by atoms with Gasteiger partial charge in [-0.25, -0.2) is 0 Å². The fourth-order valence-electron chi connectivity index (χ4n) is 3.07. The molecule has 1 aliphatic heterocycles. The molecule has 0 bridgehead atoms. The van der Waals surface area contributed by atoms with Crippen LogP contribution in [0, 0.1) is 5.92 Å². The molecule has 21 heavy (non-hydrogen) atoms. The Morgan fingerprint density at radius 2 is 1.95 bits per heavy atom. The van der Waals surface area contributed by atoms with E-state index in [4.69, 9.17) is 0 Å². The lowest BCUT2D eigenvalue weighted by atomic mass is 10.0. The third kappa shape index (κ3) is 3.26. The van der Waals surface area contributed by atoms with E-state index in [1.54, 1.807) is 0 Å². The van der Waals surface area contributed by atoms with Crippen LogP contribution in [0.2, 0.25) is 0 Å². The van der Waals surface area contributed by atoms with E-state index in [2.05, 4.69) is 24.4 Å². The second kappa shape index (κ2) is 5.88. The zero-order valence-electron chi connectivity index (χ0n) is 12.4. The summed E-state index contributed by atoms with van der Waals surface area (Å²) in [7, 11) is 0. The third-order valence-electron chi connectivity index (χ3n) is 4.44. The molecule has 1 aromatic rings. The monoisotopic (exact) mass is 286 g/mol. The van der Waals surface area contributed by atoms with Crippen molar-refractivity contribution in [1.82, 2.24) is 10.2 Å². The van der Waals surface area contributed by atoms with Crippen molar-refractivity contribution in [3.8, 4) is 0 Å². The predicted molar refractivity (Wildman–Crippen MR) is 80.6 cm³/mol. The minimum atomic E-state index is -0.293. The smallest absolute Gasteiger partial charge is 0.245 e. The van der Waals surface area contributed by atoms with Gasteiger partial charge in [0.15, 0.2) is 0 Å². The van der Waals surface area contributed by atoms with Crippen molar-refractivity contribution >= 4 is 11.8 Å². The molecule has 1 saturated carbocycles. The summed E-state index contributed by atoms with van der Waals surface area (Å²) in [5, 5.41) is 2.91. The first-order valence-corrected chi connectivity index (χ1v) is 7.79. The van der Waals surface area contributed by atoms with Crippen LogP contribution < -0.4 is 5.32 Å². The Balaban J connectivity index is 1.72. The van der Waals surface area contributed by atoms with Crippen LogP contribution in [0.3, 0.4) is 0 Å². The van der Waals surface area contributed by atoms with Crippen molar-refractivity contribution in [2.45, 2.75) is 44.7 Å². The van der Waals surface area contributed by atoms with Crippen molar-refractivity contribution in [1.29, 1.82) is 0 Å². The van der Waals surface area contributed by atoms with Crippen molar-refractivity contribution in [3.63, 3.8) is 0 Å². The van der Waals surface area contributed by atoms with Gasteiger partial charge in [-0.05, 0) is 37.7 Å². The normalized spacial score (nSPS) is 24.4. The van der Waals surface area contributed by atoms with Crippen LogP contribution >= 0.6 is 0 Å². The van der Waals surface area contributed by atoms with E-state index in [1.807, 2.05) is 23.1 Å². The fraction of sp³-hybridized carbons (Fsp3) is 0.529. The predicted octanol–water partition coefficient (Wildman–Crippen LogP) is 1.74. The highest BCUT2D eigenvalue weighted by molar-refractivity contribution is 5.90. The number of amides is 2. The number of carbonyl (C=O) groups excluding carboxylic acids is 2. The molecule has 2 unspecified atom stereocenters. The Hall–Kier alpha value is -1.84. The molecule has 4 nitrogen and oxygen atoms in total. The minimum Gasteiger partial charge on any atom is -0.344 e. The molecule has 1 aromatic carbocycles. The van der Waals surface area contributed by atoms with E-state index < -0.39 is 0 Å². The zero-order chi connectivity index (χ0) is 14.8. The van der Waals surface area contributed by atoms with E-state index in [0.717, 1.165) is 19.3 Å². The van der Waals surface area contributed by atoms with Gasteiger partial charge in [-0.2, -0.15) is 0 Å². The quantitative estimate of drug-likeness (QED) is 0.916. The summed E-state index contributed by atoms with van der Waals surface area (Å²) < 4.78 is 0. The van der Waals surface area contributed by atoms with Gasteiger partial charge in [-0.15, -0.1) is 0 Å². The summed E-state index contributed by atoms with van der Waals surface area (Å²) >= 11 is 0. The molecule has 4 heteroatoms. The molecule has 1 heterocycles. The molecule has 1 saturated heterocycles. The molecule has 2 fully saturated rings. The van der Waals surface area contributed by atoms with E-state index in [9.17, 15) is 9.59 Å². The molecule has 112 valence electrons. The largest absolute Gasteiger partial charge is 0.344 e. The van der Waals surface area contributed by atoms with Crippen molar-refractivity contribution in [3.05, 3.63) is 35.9 Å². The first-order chi connectivity index (χ1) is 10.1. The number of nitrogens with one attached hydrogen (secondary N) is 1. The molecule has 0 radical (unpaired) electrons. The molecule has 1 N–H and O–H groups in total. The lowest BCUT2D eigenvalue weighted by molar-refractivity contribution is -0.135. The van der Waals surface area contributed by atoms with Gasteiger partial charge in [0.05, 0.1) is 0 Å². The Kier molecular flexibility index (Phi) is 3.95.